The van der Waals surface area contributed by atoms with E-state index in [9.17, 15) is 4.79 Å². The first-order valence-electron chi connectivity index (χ1n) is 5.02. The van der Waals surface area contributed by atoms with Crippen molar-refractivity contribution in [3.05, 3.63) is 24.0 Å². The van der Waals surface area contributed by atoms with Crippen LogP contribution in [0, 0.1) is 0 Å². The monoisotopic (exact) mass is 209 g/mol. The highest BCUT2D eigenvalue weighted by atomic mass is 16.5. The number of aromatic nitrogens is 1. The van der Waals surface area contributed by atoms with E-state index in [0.29, 0.717) is 26.1 Å². The van der Waals surface area contributed by atoms with Crippen LogP contribution in [0.5, 0.6) is 0 Å². The van der Waals surface area contributed by atoms with Crippen molar-refractivity contribution >= 4 is 5.91 Å². The van der Waals surface area contributed by atoms with Gasteiger partial charge in [0, 0.05) is 25.1 Å². The Labute approximate surface area is 88.0 Å². The lowest BCUT2D eigenvalue weighted by Gasteiger charge is -2.34. The second-order valence-corrected chi connectivity index (χ2v) is 3.75. The molecule has 0 saturated carbocycles. The van der Waals surface area contributed by atoms with Crippen LogP contribution in [-0.2, 0) is 14.9 Å². The van der Waals surface area contributed by atoms with Gasteiger partial charge < -0.3 is 9.72 Å². The Morgan fingerprint density at radius 2 is 2.27 bits per heavy atom. The van der Waals surface area contributed by atoms with Gasteiger partial charge in [0.2, 0.25) is 5.91 Å². The van der Waals surface area contributed by atoms with E-state index in [1.807, 2.05) is 18.3 Å². The van der Waals surface area contributed by atoms with E-state index >= 15 is 0 Å². The number of nitrogens with two attached hydrogens (primary N) is 1. The third-order valence-corrected chi connectivity index (χ3v) is 3.03. The fraction of sp³-hybridized carbons (Fsp3) is 0.500. The normalized spacial score (nSPS) is 19.8. The molecule has 0 aliphatic carbocycles. The van der Waals surface area contributed by atoms with Crippen molar-refractivity contribution in [3.63, 3.8) is 0 Å². The first-order chi connectivity index (χ1) is 7.29. The second-order valence-electron chi connectivity index (χ2n) is 3.75. The molecule has 0 spiro atoms. The molecule has 82 valence electrons. The lowest BCUT2D eigenvalue weighted by molar-refractivity contribution is -0.130. The van der Waals surface area contributed by atoms with Crippen molar-refractivity contribution in [2.75, 3.05) is 13.2 Å². The van der Waals surface area contributed by atoms with Crippen molar-refractivity contribution in [2.24, 2.45) is 5.84 Å². The minimum Gasteiger partial charge on any atom is -0.381 e. The van der Waals surface area contributed by atoms with Gasteiger partial charge in [0.15, 0.2) is 0 Å². The van der Waals surface area contributed by atoms with Gasteiger partial charge in [0.05, 0.1) is 5.41 Å². The molecule has 0 aromatic carbocycles. The Morgan fingerprint density at radius 3 is 2.80 bits per heavy atom. The SMILES string of the molecule is NNC(=O)C1(c2ccc[nH]2)CCOCC1. The summed E-state index contributed by atoms with van der Waals surface area (Å²) in [6, 6.07) is 3.80. The molecular formula is C10H15N3O2. The summed E-state index contributed by atoms with van der Waals surface area (Å²) < 4.78 is 5.28. The largest absolute Gasteiger partial charge is 0.381 e. The molecule has 0 unspecified atom stereocenters. The lowest BCUT2D eigenvalue weighted by atomic mass is 9.76. The number of carbonyl (C=O) groups excluding carboxylic acids is 1. The maximum absolute atomic E-state index is 11.9. The first-order valence-corrected chi connectivity index (χ1v) is 5.02. The van der Waals surface area contributed by atoms with Gasteiger partial charge in [-0.15, -0.1) is 0 Å². The average Bonchev–Trinajstić information content (AvgIpc) is 2.83. The predicted molar refractivity (Wildman–Crippen MR) is 54.9 cm³/mol. The number of H-pyrrole nitrogens is 1. The molecule has 2 rings (SSSR count). The molecule has 1 aliphatic heterocycles. The zero-order chi connectivity index (χ0) is 10.7. The van der Waals surface area contributed by atoms with E-state index in [1.54, 1.807) is 0 Å². The second kappa shape index (κ2) is 4.04. The van der Waals surface area contributed by atoms with E-state index < -0.39 is 5.41 Å². The fourth-order valence-corrected chi connectivity index (χ4v) is 2.10. The molecule has 1 fully saturated rings. The van der Waals surface area contributed by atoms with Crippen molar-refractivity contribution in [1.29, 1.82) is 0 Å². The van der Waals surface area contributed by atoms with Gasteiger partial charge in [-0.3, -0.25) is 10.2 Å². The molecular weight excluding hydrogens is 194 g/mol. The summed E-state index contributed by atoms with van der Waals surface area (Å²) in [4.78, 5) is 15.0. The smallest absolute Gasteiger partial charge is 0.246 e. The summed E-state index contributed by atoms with van der Waals surface area (Å²) in [6.45, 7) is 1.18. The highest BCUT2D eigenvalue weighted by Crippen LogP contribution is 2.33. The molecule has 1 aromatic rings. The highest BCUT2D eigenvalue weighted by Gasteiger charge is 2.42. The van der Waals surface area contributed by atoms with E-state index in [0.717, 1.165) is 5.69 Å². The number of amides is 1. The molecule has 1 saturated heterocycles. The third-order valence-electron chi connectivity index (χ3n) is 3.03. The Kier molecular flexibility index (Phi) is 2.75. The third kappa shape index (κ3) is 1.64. The van der Waals surface area contributed by atoms with Crippen LogP contribution in [-0.4, -0.2) is 24.1 Å². The van der Waals surface area contributed by atoms with Gasteiger partial charge in [-0.2, -0.15) is 0 Å². The molecule has 15 heavy (non-hydrogen) atoms. The summed E-state index contributed by atoms with van der Waals surface area (Å²) in [5.74, 6) is 5.09. The van der Waals surface area contributed by atoms with Crippen LogP contribution >= 0.6 is 0 Å². The zero-order valence-electron chi connectivity index (χ0n) is 8.45. The minimum atomic E-state index is -0.545. The van der Waals surface area contributed by atoms with Gasteiger partial charge in [-0.1, -0.05) is 0 Å². The number of hydrogen-bond acceptors (Lipinski definition) is 3. The number of carbonyl (C=O) groups is 1. The number of rotatable bonds is 2. The summed E-state index contributed by atoms with van der Waals surface area (Å²) in [6.07, 6.45) is 3.14. The van der Waals surface area contributed by atoms with Crippen LogP contribution in [0.1, 0.15) is 18.5 Å². The zero-order valence-corrected chi connectivity index (χ0v) is 8.45. The van der Waals surface area contributed by atoms with E-state index in [4.69, 9.17) is 10.6 Å². The van der Waals surface area contributed by atoms with E-state index in [-0.39, 0.29) is 5.91 Å². The molecule has 0 radical (unpaired) electrons. The summed E-state index contributed by atoms with van der Waals surface area (Å²) in [5.41, 5.74) is 2.62. The predicted octanol–water partition coefficient (Wildman–Crippen LogP) is 0.0528. The van der Waals surface area contributed by atoms with Crippen molar-refractivity contribution < 1.29 is 9.53 Å². The van der Waals surface area contributed by atoms with Gasteiger partial charge in [-0.05, 0) is 25.0 Å². The van der Waals surface area contributed by atoms with Crippen molar-refractivity contribution in [3.8, 4) is 0 Å². The molecule has 5 heteroatoms. The van der Waals surface area contributed by atoms with Gasteiger partial charge >= 0.3 is 0 Å². The fourth-order valence-electron chi connectivity index (χ4n) is 2.10. The Balaban J connectivity index is 2.34. The molecule has 1 aromatic heterocycles. The number of aromatic amines is 1. The number of hydrazine groups is 1. The van der Waals surface area contributed by atoms with Crippen LogP contribution in [0.15, 0.2) is 18.3 Å². The molecule has 4 N–H and O–H groups in total. The molecule has 2 heterocycles. The minimum absolute atomic E-state index is 0.145. The van der Waals surface area contributed by atoms with Crippen LogP contribution in [0.3, 0.4) is 0 Å². The Hall–Kier alpha value is -1.33. The van der Waals surface area contributed by atoms with Gasteiger partial charge in [-0.25, -0.2) is 5.84 Å². The van der Waals surface area contributed by atoms with Crippen molar-refractivity contribution in [1.82, 2.24) is 10.4 Å². The average molecular weight is 209 g/mol. The number of nitrogens with one attached hydrogen (secondary N) is 2. The topological polar surface area (TPSA) is 80.1 Å². The maximum atomic E-state index is 11.9. The van der Waals surface area contributed by atoms with Gasteiger partial charge in [0.1, 0.15) is 0 Å². The maximum Gasteiger partial charge on any atom is 0.246 e. The molecule has 0 bridgehead atoms. The standard InChI is InChI=1S/C10H15N3O2/c11-13-9(14)10(3-6-15-7-4-10)8-2-1-5-12-8/h1-2,5,12H,3-4,6-7,11H2,(H,13,14). The van der Waals surface area contributed by atoms with Crippen molar-refractivity contribution in [2.45, 2.75) is 18.3 Å². The summed E-state index contributed by atoms with van der Waals surface area (Å²) >= 11 is 0. The van der Waals surface area contributed by atoms with Crippen LogP contribution in [0.25, 0.3) is 0 Å². The Morgan fingerprint density at radius 1 is 1.53 bits per heavy atom. The Bertz CT molecular complexity index is 328. The molecule has 0 atom stereocenters. The van der Waals surface area contributed by atoms with Crippen LogP contribution in [0.4, 0.5) is 0 Å². The first kappa shape index (κ1) is 10.2. The molecule has 1 aliphatic rings. The quantitative estimate of drug-likeness (QED) is 0.366. The van der Waals surface area contributed by atoms with E-state index in [1.165, 1.54) is 0 Å². The van der Waals surface area contributed by atoms with E-state index in [2.05, 4.69) is 10.4 Å². The highest BCUT2D eigenvalue weighted by molar-refractivity contribution is 5.87. The van der Waals surface area contributed by atoms with Crippen LogP contribution < -0.4 is 11.3 Å². The number of ether oxygens (including phenoxy) is 1. The lowest BCUT2D eigenvalue weighted by Crippen LogP contribution is -2.50. The molecule has 5 nitrogen and oxygen atoms in total. The number of hydrogen-bond donors (Lipinski definition) is 3. The van der Waals surface area contributed by atoms with Crippen LogP contribution in [0.2, 0.25) is 0 Å². The summed E-state index contributed by atoms with van der Waals surface area (Å²) in [7, 11) is 0. The summed E-state index contributed by atoms with van der Waals surface area (Å²) in [5, 5.41) is 0. The molecule has 1 amide bonds. The van der Waals surface area contributed by atoms with Gasteiger partial charge in [0.25, 0.3) is 0 Å².